The van der Waals surface area contributed by atoms with Gasteiger partial charge in [-0.1, -0.05) is 75.2 Å². The highest BCUT2D eigenvalue weighted by molar-refractivity contribution is 7.92. The van der Waals surface area contributed by atoms with Crippen LogP contribution in [0.2, 0.25) is 0 Å². The molecule has 0 bridgehead atoms. The van der Waals surface area contributed by atoms with Gasteiger partial charge in [-0.15, -0.1) is 0 Å². The van der Waals surface area contributed by atoms with Crippen LogP contribution >= 0.6 is 0 Å². The number of benzene rings is 2. The molecule has 0 saturated carbocycles. The molecule has 0 spiro atoms. The molecule has 1 N–H and O–H groups in total. The van der Waals surface area contributed by atoms with Crippen molar-refractivity contribution in [2.75, 3.05) is 23.7 Å². The van der Waals surface area contributed by atoms with Gasteiger partial charge in [0, 0.05) is 13.1 Å². The summed E-state index contributed by atoms with van der Waals surface area (Å²) in [5, 5.41) is 2.93. The monoisotopic (exact) mass is 501 g/mol. The lowest BCUT2D eigenvalue weighted by atomic mass is 10.1. The van der Waals surface area contributed by atoms with Crippen molar-refractivity contribution < 1.29 is 18.0 Å². The minimum atomic E-state index is -3.74. The normalized spacial score (nSPS) is 12.1. The maximum atomic E-state index is 13.7. The average molecular weight is 502 g/mol. The second kappa shape index (κ2) is 13.3. The number of nitrogens with zero attached hydrogens (tertiary/aromatic N) is 2. The Bertz CT molecular complexity index is 1080. The number of amides is 2. The number of carbonyl (C=O) groups excluding carboxylic acids is 2. The van der Waals surface area contributed by atoms with Crippen molar-refractivity contribution in [3.8, 4) is 0 Å². The van der Waals surface area contributed by atoms with E-state index >= 15 is 0 Å². The topological polar surface area (TPSA) is 86.8 Å². The molecule has 0 aliphatic rings. The molecule has 2 aromatic carbocycles. The Kier molecular flexibility index (Phi) is 10.8. The number of carbonyl (C=O) groups is 2. The third-order valence-electron chi connectivity index (χ3n) is 6.01. The number of anilines is 1. The molecule has 0 fully saturated rings. The number of hydrogen-bond donors (Lipinski definition) is 1. The molecular formula is C27H39N3O4S. The van der Waals surface area contributed by atoms with Gasteiger partial charge < -0.3 is 10.2 Å². The summed E-state index contributed by atoms with van der Waals surface area (Å²) in [6.07, 6.45) is 3.94. The Hall–Kier alpha value is -2.87. The molecule has 1 atom stereocenters. The van der Waals surface area contributed by atoms with Crippen molar-refractivity contribution >= 4 is 27.5 Å². The van der Waals surface area contributed by atoms with Gasteiger partial charge in [-0.3, -0.25) is 13.9 Å². The van der Waals surface area contributed by atoms with Crippen LogP contribution in [0.25, 0.3) is 0 Å². The number of aryl methyl sites for hydroxylation is 2. The lowest BCUT2D eigenvalue weighted by Crippen LogP contribution is -2.52. The first-order valence-corrected chi connectivity index (χ1v) is 14.1. The van der Waals surface area contributed by atoms with E-state index < -0.39 is 22.0 Å². The number of para-hydroxylation sites is 1. The minimum Gasteiger partial charge on any atom is -0.354 e. The molecule has 2 aromatic rings. The fraction of sp³-hybridized carbons (Fsp3) is 0.481. The lowest BCUT2D eigenvalue weighted by molar-refractivity contribution is -0.140. The molecule has 8 heteroatoms. The summed E-state index contributed by atoms with van der Waals surface area (Å²) in [4.78, 5) is 28.3. The van der Waals surface area contributed by atoms with Crippen LogP contribution in [0.1, 0.15) is 56.7 Å². The highest BCUT2D eigenvalue weighted by Gasteiger charge is 2.32. The minimum absolute atomic E-state index is 0.214. The second-order valence-electron chi connectivity index (χ2n) is 8.83. The molecule has 0 radical (unpaired) electrons. The predicted molar refractivity (Wildman–Crippen MR) is 142 cm³/mol. The van der Waals surface area contributed by atoms with Gasteiger partial charge in [-0.25, -0.2) is 8.42 Å². The summed E-state index contributed by atoms with van der Waals surface area (Å²) >= 11 is 0. The van der Waals surface area contributed by atoms with Gasteiger partial charge in [-0.2, -0.15) is 0 Å². The van der Waals surface area contributed by atoms with Gasteiger partial charge in [0.05, 0.1) is 11.9 Å². The Morgan fingerprint density at radius 1 is 1.00 bits per heavy atom. The van der Waals surface area contributed by atoms with Gasteiger partial charge in [0.2, 0.25) is 21.8 Å². The third kappa shape index (κ3) is 8.09. The van der Waals surface area contributed by atoms with Crippen LogP contribution in [0.5, 0.6) is 0 Å². The highest BCUT2D eigenvalue weighted by atomic mass is 32.2. The van der Waals surface area contributed by atoms with Crippen molar-refractivity contribution in [1.29, 1.82) is 0 Å². The summed E-state index contributed by atoms with van der Waals surface area (Å²) < 4.78 is 26.7. The number of hydrogen-bond acceptors (Lipinski definition) is 4. The van der Waals surface area contributed by atoms with Crippen LogP contribution < -0.4 is 9.62 Å². The van der Waals surface area contributed by atoms with E-state index in [-0.39, 0.29) is 19.0 Å². The molecule has 0 saturated heterocycles. The largest absolute Gasteiger partial charge is 0.354 e. The lowest BCUT2D eigenvalue weighted by Gasteiger charge is -2.33. The van der Waals surface area contributed by atoms with Crippen molar-refractivity contribution in [2.45, 2.75) is 66.0 Å². The van der Waals surface area contributed by atoms with E-state index in [1.165, 1.54) is 4.90 Å². The van der Waals surface area contributed by atoms with Crippen LogP contribution in [-0.4, -0.2) is 50.5 Å². The van der Waals surface area contributed by atoms with E-state index in [1.807, 2.05) is 64.1 Å². The van der Waals surface area contributed by atoms with E-state index in [1.54, 1.807) is 12.1 Å². The van der Waals surface area contributed by atoms with Crippen LogP contribution in [0.4, 0.5) is 5.69 Å². The molecule has 0 aromatic heterocycles. The first-order valence-electron chi connectivity index (χ1n) is 12.3. The SMILES string of the molecule is CCCCNC(=O)[C@@H](CC)N(Cc1ccc(C)cc1)C(=O)CN(c1ccccc1CC)S(C)(=O)=O. The standard InChI is InChI=1S/C27H39N3O4S/c1-6-9-18-28-27(32)24(8-3)29(19-22-16-14-21(4)15-17-22)26(31)20-30(35(5,33)34)25-13-11-10-12-23(25)7-2/h10-17,24H,6-9,18-20H2,1-5H3,(H,28,32)/t24-/m1/s1. The maximum Gasteiger partial charge on any atom is 0.244 e. The van der Waals surface area contributed by atoms with E-state index in [9.17, 15) is 18.0 Å². The molecule has 2 amide bonds. The number of rotatable bonds is 13. The van der Waals surface area contributed by atoms with Crippen LogP contribution in [0.15, 0.2) is 48.5 Å². The first-order chi connectivity index (χ1) is 16.6. The molecule has 0 heterocycles. The number of nitrogens with one attached hydrogen (secondary N) is 1. The zero-order chi connectivity index (χ0) is 26.0. The van der Waals surface area contributed by atoms with E-state index in [2.05, 4.69) is 5.32 Å². The van der Waals surface area contributed by atoms with Crippen molar-refractivity contribution in [3.05, 3.63) is 65.2 Å². The Labute approximate surface area is 210 Å². The van der Waals surface area contributed by atoms with Gasteiger partial charge in [0.15, 0.2) is 0 Å². The smallest absolute Gasteiger partial charge is 0.244 e. The van der Waals surface area contributed by atoms with Crippen molar-refractivity contribution in [3.63, 3.8) is 0 Å². The van der Waals surface area contributed by atoms with E-state index in [0.717, 1.165) is 40.1 Å². The zero-order valence-electron chi connectivity index (χ0n) is 21.6. The van der Waals surface area contributed by atoms with Gasteiger partial charge in [0.1, 0.15) is 12.6 Å². The molecule has 0 unspecified atom stereocenters. The second-order valence-corrected chi connectivity index (χ2v) is 10.7. The maximum absolute atomic E-state index is 13.7. The van der Waals surface area contributed by atoms with Crippen LogP contribution in [-0.2, 0) is 32.6 Å². The summed E-state index contributed by atoms with van der Waals surface area (Å²) in [5.41, 5.74) is 3.29. The van der Waals surface area contributed by atoms with Crippen molar-refractivity contribution in [1.82, 2.24) is 10.2 Å². The quantitative estimate of drug-likeness (QED) is 0.420. The highest BCUT2D eigenvalue weighted by Crippen LogP contribution is 2.24. The Balaban J connectivity index is 2.43. The molecular weight excluding hydrogens is 462 g/mol. The van der Waals surface area contributed by atoms with Gasteiger partial charge in [-0.05, 0) is 43.4 Å². The Morgan fingerprint density at radius 3 is 2.23 bits per heavy atom. The first kappa shape index (κ1) is 28.4. The number of unbranched alkanes of at least 4 members (excludes halogenated alkanes) is 1. The van der Waals surface area contributed by atoms with E-state index in [0.29, 0.717) is 25.1 Å². The third-order valence-corrected chi connectivity index (χ3v) is 7.14. The van der Waals surface area contributed by atoms with Gasteiger partial charge >= 0.3 is 0 Å². The predicted octanol–water partition coefficient (Wildman–Crippen LogP) is 4.05. The van der Waals surface area contributed by atoms with Crippen LogP contribution in [0, 0.1) is 6.92 Å². The van der Waals surface area contributed by atoms with Gasteiger partial charge in [0.25, 0.3) is 0 Å². The fourth-order valence-corrected chi connectivity index (χ4v) is 4.84. The molecule has 7 nitrogen and oxygen atoms in total. The fourth-order valence-electron chi connectivity index (χ4n) is 3.96. The van der Waals surface area contributed by atoms with Crippen LogP contribution in [0.3, 0.4) is 0 Å². The molecule has 0 aliphatic heterocycles. The Morgan fingerprint density at radius 2 is 1.66 bits per heavy atom. The summed E-state index contributed by atoms with van der Waals surface area (Å²) in [6, 6.07) is 14.3. The van der Waals surface area contributed by atoms with E-state index in [4.69, 9.17) is 0 Å². The summed E-state index contributed by atoms with van der Waals surface area (Å²) in [7, 11) is -3.74. The summed E-state index contributed by atoms with van der Waals surface area (Å²) in [6.45, 7) is 8.21. The summed E-state index contributed by atoms with van der Waals surface area (Å²) in [5.74, 6) is -0.638. The molecule has 192 valence electrons. The molecule has 2 rings (SSSR count). The zero-order valence-corrected chi connectivity index (χ0v) is 22.4. The molecule has 35 heavy (non-hydrogen) atoms. The average Bonchev–Trinajstić information content (AvgIpc) is 2.83. The van der Waals surface area contributed by atoms with Crippen molar-refractivity contribution in [2.24, 2.45) is 0 Å². The number of sulfonamides is 1. The molecule has 0 aliphatic carbocycles.